The van der Waals surface area contributed by atoms with Crippen LogP contribution in [0.2, 0.25) is 0 Å². The fraction of sp³-hybridized carbons (Fsp3) is 0.875. The third-order valence-corrected chi connectivity index (χ3v) is 2.25. The van der Waals surface area contributed by atoms with Gasteiger partial charge in [0, 0.05) is 6.92 Å². The molecule has 0 aromatic rings. The summed E-state index contributed by atoms with van der Waals surface area (Å²) in [5.74, 6) is -0.461. The number of hydrogen-bond acceptors (Lipinski definition) is 8. The Morgan fingerprint density at radius 3 is 2.53 bits per heavy atom. The van der Waals surface area contributed by atoms with Crippen molar-refractivity contribution < 1.29 is 29.7 Å². The molecule has 0 radical (unpaired) electrons. The van der Waals surface area contributed by atoms with Gasteiger partial charge in [0.25, 0.3) is 0 Å². The van der Waals surface area contributed by atoms with Crippen molar-refractivity contribution in [2.24, 2.45) is 5.73 Å². The van der Waals surface area contributed by atoms with Gasteiger partial charge >= 0.3 is 0 Å². The molecule has 1 fully saturated rings. The van der Waals surface area contributed by atoms with Gasteiger partial charge in [0.05, 0.1) is 12.6 Å². The molecule has 1 saturated heterocycles. The first-order chi connectivity index (χ1) is 7.47. The lowest BCUT2D eigenvalue weighted by Gasteiger charge is -2.39. The zero-order valence-electron chi connectivity index (χ0n) is 9.44. The third kappa shape index (κ3) is 3.85. The van der Waals surface area contributed by atoms with Gasteiger partial charge in [-0.1, -0.05) is 0 Å². The van der Waals surface area contributed by atoms with E-state index in [1.807, 2.05) is 5.48 Å². The molecule has 0 saturated carbocycles. The molecule has 0 bridgehead atoms. The average Bonchev–Trinajstić information content (AvgIpc) is 2.25. The summed E-state index contributed by atoms with van der Waals surface area (Å²) in [7, 11) is 0. The first-order valence-electron chi connectivity index (χ1n) is 4.77. The van der Waals surface area contributed by atoms with Gasteiger partial charge in [-0.05, 0) is 0 Å². The summed E-state index contributed by atoms with van der Waals surface area (Å²) in [6, 6.07) is -1.02. The van der Waals surface area contributed by atoms with E-state index in [0.717, 1.165) is 0 Å². The van der Waals surface area contributed by atoms with E-state index in [4.69, 9.17) is 20.4 Å². The van der Waals surface area contributed by atoms with Gasteiger partial charge in [-0.15, -0.1) is 0 Å². The second kappa shape index (κ2) is 6.81. The fourth-order valence-electron chi connectivity index (χ4n) is 1.35. The van der Waals surface area contributed by atoms with Crippen LogP contribution in [0.4, 0.5) is 0 Å². The van der Waals surface area contributed by atoms with Crippen molar-refractivity contribution in [1.29, 1.82) is 0 Å². The quantitative estimate of drug-likeness (QED) is 0.289. The Kier molecular flexibility index (Phi) is 6.49. The number of rotatable bonds is 3. The lowest BCUT2D eigenvalue weighted by atomic mass is 9.98. The summed E-state index contributed by atoms with van der Waals surface area (Å²) in [5.41, 5.74) is 7.53. The van der Waals surface area contributed by atoms with Crippen LogP contribution in [0.15, 0.2) is 0 Å². The molecule has 1 amide bonds. The first-order valence-corrected chi connectivity index (χ1v) is 4.77. The van der Waals surface area contributed by atoms with Crippen LogP contribution in [0.1, 0.15) is 6.92 Å². The lowest BCUT2D eigenvalue weighted by molar-refractivity contribution is -0.280. The van der Waals surface area contributed by atoms with Crippen molar-refractivity contribution in [2.45, 2.75) is 37.6 Å². The van der Waals surface area contributed by atoms with Gasteiger partial charge in [-0.3, -0.25) is 4.79 Å². The SMILES string of the molecule is CC(=O)NOC1O[C@H](CO)[C@H](O)[C@H](O)[C@H]1N.N. The van der Waals surface area contributed by atoms with E-state index in [-0.39, 0.29) is 6.15 Å². The molecule has 1 rings (SSSR count). The maximum absolute atomic E-state index is 10.6. The number of nitrogens with one attached hydrogen (secondary N) is 1. The zero-order chi connectivity index (χ0) is 12.3. The van der Waals surface area contributed by atoms with Crippen LogP contribution < -0.4 is 17.4 Å². The van der Waals surface area contributed by atoms with E-state index in [9.17, 15) is 15.0 Å². The second-order valence-electron chi connectivity index (χ2n) is 3.56. The van der Waals surface area contributed by atoms with Crippen LogP contribution in [0.5, 0.6) is 0 Å². The van der Waals surface area contributed by atoms with E-state index >= 15 is 0 Å². The van der Waals surface area contributed by atoms with E-state index in [2.05, 4.69) is 0 Å². The molecule has 5 atom stereocenters. The molecule has 0 aliphatic carbocycles. The normalized spacial score (nSPS) is 37.1. The van der Waals surface area contributed by atoms with Crippen molar-refractivity contribution in [3.8, 4) is 0 Å². The molecule has 102 valence electrons. The molecule has 1 unspecified atom stereocenters. The Bertz CT molecular complexity index is 251. The Morgan fingerprint density at radius 2 is 2.06 bits per heavy atom. The van der Waals surface area contributed by atoms with Gasteiger partial charge in [0.15, 0.2) is 0 Å². The highest BCUT2D eigenvalue weighted by atomic mass is 16.8. The predicted molar refractivity (Wildman–Crippen MR) is 55.7 cm³/mol. The summed E-state index contributed by atoms with van der Waals surface area (Å²) in [6.45, 7) is 0.730. The van der Waals surface area contributed by atoms with Gasteiger partial charge in [-0.25, -0.2) is 10.3 Å². The number of carbonyl (C=O) groups is 1. The summed E-state index contributed by atoms with van der Waals surface area (Å²) in [6.07, 6.45) is -4.73. The highest BCUT2D eigenvalue weighted by molar-refractivity contribution is 5.71. The molecule has 0 spiro atoms. The van der Waals surface area contributed by atoms with Crippen LogP contribution in [-0.2, 0) is 14.4 Å². The highest BCUT2D eigenvalue weighted by Crippen LogP contribution is 2.19. The monoisotopic (exact) mass is 253 g/mol. The lowest BCUT2D eigenvalue weighted by Crippen LogP contribution is -2.63. The number of aliphatic hydroxyl groups excluding tert-OH is 3. The average molecular weight is 253 g/mol. The number of ether oxygens (including phenoxy) is 1. The summed E-state index contributed by atoms with van der Waals surface area (Å²) in [5, 5.41) is 27.9. The molecule has 17 heavy (non-hydrogen) atoms. The van der Waals surface area contributed by atoms with E-state index < -0.39 is 43.2 Å². The molecule has 1 aliphatic heterocycles. The molecule has 1 aliphatic rings. The Balaban J connectivity index is 0.00000256. The molecule has 0 aromatic heterocycles. The van der Waals surface area contributed by atoms with Crippen molar-refractivity contribution in [1.82, 2.24) is 11.6 Å². The molecule has 0 aromatic carbocycles. The third-order valence-electron chi connectivity index (χ3n) is 2.25. The van der Waals surface area contributed by atoms with E-state index in [0.29, 0.717) is 0 Å². The molecular formula is C8H19N3O6. The number of hydroxylamine groups is 1. The van der Waals surface area contributed by atoms with Crippen LogP contribution in [0.3, 0.4) is 0 Å². The van der Waals surface area contributed by atoms with Crippen molar-refractivity contribution in [3.05, 3.63) is 0 Å². The topological polar surface area (TPSA) is 169 Å². The van der Waals surface area contributed by atoms with E-state index in [1.165, 1.54) is 6.92 Å². The Labute approximate surface area is 98.0 Å². The molecular weight excluding hydrogens is 234 g/mol. The summed E-state index contributed by atoms with van der Waals surface area (Å²) in [4.78, 5) is 15.4. The predicted octanol–water partition coefficient (Wildman–Crippen LogP) is -3.02. The van der Waals surface area contributed by atoms with Gasteiger partial charge in [-0.2, -0.15) is 0 Å². The largest absolute Gasteiger partial charge is 0.394 e. The first kappa shape index (κ1) is 16.2. The Morgan fingerprint density at radius 1 is 1.47 bits per heavy atom. The van der Waals surface area contributed by atoms with Crippen molar-refractivity contribution in [2.75, 3.05) is 6.61 Å². The maximum Gasteiger partial charge on any atom is 0.240 e. The number of carbonyl (C=O) groups excluding carboxylic acids is 1. The van der Waals surface area contributed by atoms with Crippen LogP contribution in [-0.4, -0.2) is 58.5 Å². The zero-order valence-corrected chi connectivity index (χ0v) is 9.44. The number of amides is 1. The number of nitrogens with two attached hydrogens (primary N) is 1. The van der Waals surface area contributed by atoms with Gasteiger partial charge < -0.3 is 31.9 Å². The van der Waals surface area contributed by atoms with Crippen LogP contribution in [0.25, 0.3) is 0 Å². The standard InChI is InChI=1S/C8H16N2O6.H3N/c1-3(12)10-16-8-5(9)7(14)6(13)4(2-11)15-8;/h4-8,11,13-14H,2,9H2,1H3,(H,10,12);1H3/t4-,5-,6+,7-,8?;/m1./s1. The summed E-state index contributed by atoms with van der Waals surface area (Å²) < 4.78 is 5.06. The molecule has 9 nitrogen and oxygen atoms in total. The summed E-state index contributed by atoms with van der Waals surface area (Å²) >= 11 is 0. The van der Waals surface area contributed by atoms with Gasteiger partial charge in [0.2, 0.25) is 12.2 Å². The van der Waals surface area contributed by atoms with Crippen molar-refractivity contribution in [3.63, 3.8) is 0 Å². The number of aliphatic hydroxyl groups is 3. The Hall–Kier alpha value is -0.810. The molecule has 9 heteroatoms. The molecule has 1 heterocycles. The van der Waals surface area contributed by atoms with Crippen LogP contribution >= 0.6 is 0 Å². The van der Waals surface area contributed by atoms with Gasteiger partial charge in [0.1, 0.15) is 18.3 Å². The highest BCUT2D eigenvalue weighted by Gasteiger charge is 2.43. The minimum Gasteiger partial charge on any atom is -0.394 e. The smallest absolute Gasteiger partial charge is 0.240 e. The van der Waals surface area contributed by atoms with Crippen LogP contribution in [0, 0.1) is 0 Å². The number of hydrogen-bond donors (Lipinski definition) is 6. The molecule has 9 N–H and O–H groups in total. The fourth-order valence-corrected chi connectivity index (χ4v) is 1.35. The van der Waals surface area contributed by atoms with Crippen molar-refractivity contribution >= 4 is 5.91 Å². The second-order valence-corrected chi connectivity index (χ2v) is 3.56. The minimum absolute atomic E-state index is 0. The van der Waals surface area contributed by atoms with E-state index in [1.54, 1.807) is 0 Å². The minimum atomic E-state index is -1.30. The maximum atomic E-state index is 10.6.